The van der Waals surface area contributed by atoms with E-state index in [2.05, 4.69) is 15.5 Å². The predicted molar refractivity (Wildman–Crippen MR) is 83.7 cm³/mol. The molecule has 1 aliphatic rings. The van der Waals surface area contributed by atoms with Gasteiger partial charge in [0.25, 0.3) is 0 Å². The van der Waals surface area contributed by atoms with Gasteiger partial charge < -0.3 is 16.4 Å². The number of hydrogen-bond donors (Lipinski definition) is 3. The van der Waals surface area contributed by atoms with Crippen molar-refractivity contribution in [1.29, 1.82) is 0 Å². The fourth-order valence-electron chi connectivity index (χ4n) is 2.36. The molecule has 0 unspecified atom stereocenters. The second kappa shape index (κ2) is 9.00. The molecule has 6 heteroatoms. The highest BCUT2D eigenvalue weighted by Gasteiger charge is 2.24. The number of hydrogen-bond acceptors (Lipinski definition) is 4. The van der Waals surface area contributed by atoms with Crippen molar-refractivity contribution >= 4 is 11.8 Å². The van der Waals surface area contributed by atoms with Gasteiger partial charge in [0, 0.05) is 25.7 Å². The molecule has 0 aromatic heterocycles. The van der Waals surface area contributed by atoms with Crippen molar-refractivity contribution in [2.75, 3.05) is 26.2 Å². The average Bonchev–Trinajstić information content (AvgIpc) is 2.46. The van der Waals surface area contributed by atoms with Crippen LogP contribution in [0, 0.1) is 5.92 Å². The summed E-state index contributed by atoms with van der Waals surface area (Å²) in [5.74, 6) is 0.164. The monoisotopic (exact) mass is 298 g/mol. The van der Waals surface area contributed by atoms with Crippen LogP contribution in [-0.4, -0.2) is 55.0 Å². The maximum absolute atomic E-state index is 11.9. The van der Waals surface area contributed by atoms with Gasteiger partial charge in [0.2, 0.25) is 11.8 Å². The van der Waals surface area contributed by atoms with Gasteiger partial charge in [-0.3, -0.25) is 14.5 Å². The van der Waals surface area contributed by atoms with E-state index in [9.17, 15) is 9.59 Å². The molecule has 1 rings (SSSR count). The Morgan fingerprint density at radius 2 is 1.90 bits per heavy atom. The SMILES string of the molecule is CCCNC(=O)CN1CCC(NC(=O)[C@@H](N)C(C)C)CC1. The summed E-state index contributed by atoms with van der Waals surface area (Å²) in [5, 5.41) is 5.90. The zero-order chi connectivity index (χ0) is 15.8. The van der Waals surface area contributed by atoms with Crippen LogP contribution in [-0.2, 0) is 9.59 Å². The maximum atomic E-state index is 11.9. The zero-order valence-electron chi connectivity index (χ0n) is 13.5. The van der Waals surface area contributed by atoms with Crippen molar-refractivity contribution in [2.45, 2.75) is 52.1 Å². The van der Waals surface area contributed by atoms with Gasteiger partial charge in [0.15, 0.2) is 0 Å². The van der Waals surface area contributed by atoms with E-state index in [0.29, 0.717) is 6.54 Å². The molecule has 1 aliphatic heterocycles. The van der Waals surface area contributed by atoms with Crippen LogP contribution in [0.5, 0.6) is 0 Å². The second-order valence-electron chi connectivity index (χ2n) is 6.18. The minimum atomic E-state index is -0.442. The third-order valence-electron chi connectivity index (χ3n) is 3.89. The minimum absolute atomic E-state index is 0.0656. The Labute approximate surface area is 127 Å². The standard InChI is InChI=1S/C15H30N4O2/c1-4-7-17-13(20)10-19-8-5-12(6-9-19)18-15(21)14(16)11(2)3/h11-12,14H,4-10,16H2,1-3H3,(H,17,20)(H,18,21)/t14-/m0/s1. The Morgan fingerprint density at radius 3 is 2.43 bits per heavy atom. The summed E-state index contributed by atoms with van der Waals surface area (Å²) < 4.78 is 0. The molecule has 122 valence electrons. The smallest absolute Gasteiger partial charge is 0.237 e. The number of carbonyl (C=O) groups excluding carboxylic acids is 2. The highest BCUT2D eigenvalue weighted by atomic mass is 16.2. The van der Waals surface area contributed by atoms with E-state index < -0.39 is 6.04 Å². The van der Waals surface area contributed by atoms with E-state index in [0.717, 1.165) is 38.9 Å². The Balaban J connectivity index is 2.26. The van der Waals surface area contributed by atoms with Crippen LogP contribution in [0.4, 0.5) is 0 Å². The molecule has 21 heavy (non-hydrogen) atoms. The molecule has 0 aromatic carbocycles. The number of nitrogens with one attached hydrogen (secondary N) is 2. The van der Waals surface area contributed by atoms with E-state index in [1.54, 1.807) is 0 Å². The van der Waals surface area contributed by atoms with Crippen molar-refractivity contribution in [3.8, 4) is 0 Å². The van der Waals surface area contributed by atoms with Crippen molar-refractivity contribution < 1.29 is 9.59 Å². The third-order valence-corrected chi connectivity index (χ3v) is 3.89. The van der Waals surface area contributed by atoms with Crippen LogP contribution in [0.15, 0.2) is 0 Å². The molecule has 1 saturated heterocycles. The number of rotatable bonds is 7. The Morgan fingerprint density at radius 1 is 1.29 bits per heavy atom. The Kier molecular flexibility index (Phi) is 7.67. The molecule has 1 atom stereocenters. The van der Waals surface area contributed by atoms with Gasteiger partial charge in [-0.05, 0) is 25.2 Å². The lowest BCUT2D eigenvalue weighted by Crippen LogP contribution is -2.52. The van der Waals surface area contributed by atoms with Crippen LogP contribution in [0.1, 0.15) is 40.0 Å². The fourth-order valence-corrected chi connectivity index (χ4v) is 2.36. The molecule has 0 radical (unpaired) electrons. The summed E-state index contributed by atoms with van der Waals surface area (Å²) in [4.78, 5) is 25.7. The molecule has 0 aliphatic carbocycles. The van der Waals surface area contributed by atoms with Crippen LogP contribution >= 0.6 is 0 Å². The van der Waals surface area contributed by atoms with Gasteiger partial charge in [-0.25, -0.2) is 0 Å². The molecule has 6 nitrogen and oxygen atoms in total. The lowest BCUT2D eigenvalue weighted by atomic mass is 10.0. The maximum Gasteiger partial charge on any atom is 0.237 e. The third kappa shape index (κ3) is 6.44. The molecule has 0 aromatic rings. The first-order valence-electron chi connectivity index (χ1n) is 7.99. The quantitative estimate of drug-likeness (QED) is 0.621. The van der Waals surface area contributed by atoms with E-state index >= 15 is 0 Å². The Bertz CT molecular complexity index is 339. The van der Waals surface area contributed by atoms with E-state index in [1.807, 2.05) is 20.8 Å². The summed E-state index contributed by atoms with van der Waals surface area (Å²) in [6, 6.07) is -0.264. The number of carbonyl (C=O) groups is 2. The van der Waals surface area contributed by atoms with Crippen molar-refractivity contribution in [1.82, 2.24) is 15.5 Å². The van der Waals surface area contributed by atoms with Gasteiger partial charge >= 0.3 is 0 Å². The first-order valence-corrected chi connectivity index (χ1v) is 7.99. The predicted octanol–water partition coefficient (Wildman–Crippen LogP) is 0.0765. The molecular weight excluding hydrogens is 268 g/mol. The summed E-state index contributed by atoms with van der Waals surface area (Å²) in [7, 11) is 0. The molecule has 1 heterocycles. The van der Waals surface area contributed by atoms with Crippen LogP contribution in [0.25, 0.3) is 0 Å². The summed E-state index contributed by atoms with van der Waals surface area (Å²) >= 11 is 0. The number of likely N-dealkylation sites (tertiary alicyclic amines) is 1. The lowest BCUT2D eigenvalue weighted by molar-refractivity contribution is -0.125. The van der Waals surface area contributed by atoms with Crippen LogP contribution in [0.2, 0.25) is 0 Å². The first-order chi connectivity index (χ1) is 9.93. The number of nitrogens with two attached hydrogens (primary N) is 1. The zero-order valence-corrected chi connectivity index (χ0v) is 13.5. The summed E-state index contributed by atoms with van der Waals surface area (Å²) in [5.41, 5.74) is 5.84. The van der Waals surface area contributed by atoms with Gasteiger partial charge in [-0.2, -0.15) is 0 Å². The van der Waals surface area contributed by atoms with Crippen molar-refractivity contribution in [3.05, 3.63) is 0 Å². The molecule has 2 amide bonds. The van der Waals surface area contributed by atoms with E-state index in [1.165, 1.54) is 0 Å². The first kappa shape index (κ1) is 17.9. The largest absolute Gasteiger partial charge is 0.355 e. The van der Waals surface area contributed by atoms with Crippen molar-refractivity contribution in [2.24, 2.45) is 11.7 Å². The normalized spacial score (nSPS) is 18.5. The molecule has 0 bridgehead atoms. The van der Waals surface area contributed by atoms with Crippen molar-refractivity contribution in [3.63, 3.8) is 0 Å². The number of amides is 2. The minimum Gasteiger partial charge on any atom is -0.355 e. The number of nitrogens with zero attached hydrogens (tertiary/aromatic N) is 1. The molecular formula is C15H30N4O2. The van der Waals surface area contributed by atoms with Crippen LogP contribution in [0.3, 0.4) is 0 Å². The molecule has 0 spiro atoms. The molecule has 4 N–H and O–H groups in total. The van der Waals surface area contributed by atoms with Gasteiger partial charge in [0.1, 0.15) is 0 Å². The fraction of sp³-hybridized carbons (Fsp3) is 0.867. The van der Waals surface area contributed by atoms with Gasteiger partial charge in [-0.1, -0.05) is 20.8 Å². The van der Waals surface area contributed by atoms with E-state index in [4.69, 9.17) is 5.73 Å². The molecule has 1 fully saturated rings. The Hall–Kier alpha value is -1.14. The number of piperidine rings is 1. The second-order valence-corrected chi connectivity index (χ2v) is 6.18. The van der Waals surface area contributed by atoms with E-state index in [-0.39, 0.29) is 23.8 Å². The highest BCUT2D eigenvalue weighted by molar-refractivity contribution is 5.82. The van der Waals surface area contributed by atoms with Gasteiger partial charge in [-0.15, -0.1) is 0 Å². The summed E-state index contributed by atoms with van der Waals surface area (Å²) in [6.45, 7) is 8.79. The lowest BCUT2D eigenvalue weighted by Gasteiger charge is -2.32. The molecule has 0 saturated carbocycles. The topological polar surface area (TPSA) is 87.5 Å². The van der Waals surface area contributed by atoms with Crippen LogP contribution < -0.4 is 16.4 Å². The van der Waals surface area contributed by atoms with Gasteiger partial charge in [0.05, 0.1) is 12.6 Å². The highest BCUT2D eigenvalue weighted by Crippen LogP contribution is 2.10. The average molecular weight is 298 g/mol. The summed E-state index contributed by atoms with van der Waals surface area (Å²) in [6.07, 6.45) is 2.70.